The molecule has 3 aliphatic heterocycles. The molecule has 0 saturated carbocycles. The Morgan fingerprint density at radius 3 is 2.57 bits per heavy atom. The highest BCUT2D eigenvalue weighted by atomic mass is 16.8. The van der Waals surface area contributed by atoms with Crippen molar-refractivity contribution in [3.05, 3.63) is 59.9 Å². The van der Waals surface area contributed by atoms with E-state index in [1.54, 1.807) is 36.5 Å². The Balaban J connectivity index is 1.25. The van der Waals surface area contributed by atoms with Gasteiger partial charge in [0, 0.05) is 12.4 Å². The number of rotatable bonds is 5. The smallest absolute Gasteiger partial charge is 0.340 e. The number of aromatic nitrogens is 1. The number of esters is 1. The van der Waals surface area contributed by atoms with E-state index >= 15 is 0 Å². The molecule has 146 valence electrons. The average Bonchev–Trinajstić information content (AvgIpc) is 3.22. The molecule has 3 saturated heterocycles. The van der Waals surface area contributed by atoms with Gasteiger partial charge in [0.15, 0.2) is 6.10 Å². The van der Waals surface area contributed by atoms with Crippen LogP contribution in [0.15, 0.2) is 48.8 Å². The topological polar surface area (TPSA) is 99.6 Å². The van der Waals surface area contributed by atoms with Crippen molar-refractivity contribution in [3.63, 3.8) is 0 Å². The highest BCUT2D eigenvalue weighted by molar-refractivity contribution is 5.89. The minimum atomic E-state index is -0.984. The van der Waals surface area contributed by atoms with Gasteiger partial charge in [-0.15, -0.1) is 0 Å². The Bertz CT molecular complexity index is 870. The van der Waals surface area contributed by atoms with Crippen molar-refractivity contribution >= 4 is 5.97 Å². The molecule has 3 aliphatic rings. The molecule has 2 unspecified atom stereocenters. The van der Waals surface area contributed by atoms with Crippen LogP contribution in [-0.4, -0.2) is 60.3 Å². The van der Waals surface area contributed by atoms with E-state index in [9.17, 15) is 9.90 Å². The zero-order valence-electron chi connectivity index (χ0n) is 14.9. The minimum absolute atomic E-state index is 0.117. The van der Waals surface area contributed by atoms with Crippen LogP contribution in [0.5, 0.6) is 5.75 Å². The van der Waals surface area contributed by atoms with Crippen molar-refractivity contribution in [2.24, 2.45) is 0 Å². The molecule has 5 rings (SSSR count). The summed E-state index contributed by atoms with van der Waals surface area (Å²) in [6.45, 7) is 0.860. The van der Waals surface area contributed by atoms with E-state index in [1.807, 2.05) is 6.07 Å². The molecule has 0 spiro atoms. The summed E-state index contributed by atoms with van der Waals surface area (Å²) in [5, 5.41) is 10.1. The van der Waals surface area contributed by atoms with Gasteiger partial charge in [-0.25, -0.2) is 4.79 Å². The number of nitrogens with zero attached hydrogens (tertiary/aromatic N) is 1. The lowest BCUT2D eigenvalue weighted by molar-refractivity contribution is -0.130. The maximum absolute atomic E-state index is 12.3. The van der Waals surface area contributed by atoms with Gasteiger partial charge in [0.1, 0.15) is 30.7 Å². The molecule has 0 bridgehead atoms. The second-order valence-corrected chi connectivity index (χ2v) is 7.00. The van der Waals surface area contributed by atoms with E-state index in [0.29, 0.717) is 17.7 Å². The van der Waals surface area contributed by atoms with Gasteiger partial charge in [0.05, 0.1) is 24.3 Å². The molecular formula is C20H19NO7. The van der Waals surface area contributed by atoms with Crippen LogP contribution in [0.1, 0.15) is 15.9 Å². The standard InChI is InChI=1S/C20H19NO7/c22-14-6-2-1-5-13(14)20(11-26-20)28-16-10-25-17-15(9-24-18(16)17)27-19(23)12-4-3-7-21-8-12/h1-8,15-18,22H,9-11H2/t15-,16+,17?,18-,20?/m1/s1. The summed E-state index contributed by atoms with van der Waals surface area (Å²) < 4.78 is 28.9. The first kappa shape index (κ1) is 17.6. The van der Waals surface area contributed by atoms with Crippen LogP contribution in [0, 0.1) is 0 Å². The third kappa shape index (κ3) is 3.04. The van der Waals surface area contributed by atoms with Crippen molar-refractivity contribution in [2.45, 2.75) is 30.2 Å². The van der Waals surface area contributed by atoms with Crippen molar-refractivity contribution in [1.29, 1.82) is 0 Å². The van der Waals surface area contributed by atoms with Crippen LogP contribution in [0.4, 0.5) is 0 Å². The molecule has 1 aromatic heterocycles. The molecule has 0 aliphatic carbocycles. The second-order valence-electron chi connectivity index (χ2n) is 7.00. The lowest BCUT2D eigenvalue weighted by atomic mass is 10.1. The summed E-state index contributed by atoms with van der Waals surface area (Å²) in [6.07, 6.45) is 1.34. The predicted molar refractivity (Wildman–Crippen MR) is 93.5 cm³/mol. The minimum Gasteiger partial charge on any atom is -0.507 e. The van der Waals surface area contributed by atoms with Gasteiger partial charge in [-0.2, -0.15) is 0 Å². The van der Waals surface area contributed by atoms with Crippen molar-refractivity contribution in [2.75, 3.05) is 19.8 Å². The van der Waals surface area contributed by atoms with Crippen molar-refractivity contribution in [3.8, 4) is 5.75 Å². The summed E-state index contributed by atoms with van der Waals surface area (Å²) in [4.78, 5) is 16.2. The highest BCUT2D eigenvalue weighted by Gasteiger charge is 2.57. The first-order chi connectivity index (χ1) is 13.7. The number of hydrogen-bond donors (Lipinski definition) is 1. The summed E-state index contributed by atoms with van der Waals surface area (Å²) >= 11 is 0. The molecule has 8 nitrogen and oxygen atoms in total. The maximum atomic E-state index is 12.3. The summed E-state index contributed by atoms with van der Waals surface area (Å²) in [7, 11) is 0. The van der Waals surface area contributed by atoms with Crippen LogP contribution < -0.4 is 0 Å². The van der Waals surface area contributed by atoms with E-state index in [1.165, 1.54) is 6.20 Å². The van der Waals surface area contributed by atoms with Gasteiger partial charge in [0.2, 0.25) is 5.79 Å². The molecule has 2 aromatic rings. The molecule has 1 aromatic carbocycles. The van der Waals surface area contributed by atoms with Crippen molar-refractivity contribution in [1.82, 2.24) is 4.98 Å². The quantitative estimate of drug-likeness (QED) is 0.609. The van der Waals surface area contributed by atoms with Crippen LogP contribution in [-0.2, 0) is 29.5 Å². The van der Waals surface area contributed by atoms with Gasteiger partial charge < -0.3 is 28.8 Å². The molecule has 0 radical (unpaired) electrons. The van der Waals surface area contributed by atoms with Crippen LogP contribution in [0.25, 0.3) is 0 Å². The van der Waals surface area contributed by atoms with Crippen molar-refractivity contribution < 1.29 is 33.6 Å². The van der Waals surface area contributed by atoms with Crippen LogP contribution >= 0.6 is 0 Å². The van der Waals surface area contributed by atoms with E-state index < -0.39 is 30.1 Å². The summed E-state index contributed by atoms with van der Waals surface area (Å²) in [6, 6.07) is 10.2. The third-order valence-electron chi connectivity index (χ3n) is 5.18. The van der Waals surface area contributed by atoms with E-state index in [2.05, 4.69) is 4.98 Å². The van der Waals surface area contributed by atoms with Crippen LogP contribution in [0.2, 0.25) is 0 Å². The SMILES string of the molecule is O=C(O[C@@H]1CO[C@H]2C1OC[C@@H]2OC1(c2ccccc2O)CO1)c1cccnc1. The number of hydrogen-bond acceptors (Lipinski definition) is 8. The molecule has 3 fully saturated rings. The number of ether oxygens (including phenoxy) is 5. The number of benzene rings is 1. The monoisotopic (exact) mass is 385 g/mol. The number of fused-ring (bicyclic) bond motifs is 1. The Kier molecular flexibility index (Phi) is 4.28. The molecule has 28 heavy (non-hydrogen) atoms. The lowest BCUT2D eigenvalue weighted by Gasteiger charge is -2.22. The number of carbonyl (C=O) groups is 1. The Labute approximate surface area is 160 Å². The first-order valence-corrected chi connectivity index (χ1v) is 9.11. The first-order valence-electron chi connectivity index (χ1n) is 9.11. The zero-order chi connectivity index (χ0) is 19.1. The molecule has 0 amide bonds. The zero-order valence-corrected chi connectivity index (χ0v) is 14.9. The number of para-hydroxylation sites is 1. The fourth-order valence-electron chi connectivity index (χ4n) is 3.71. The van der Waals surface area contributed by atoms with Gasteiger partial charge in [-0.1, -0.05) is 12.1 Å². The second kappa shape index (κ2) is 6.82. The maximum Gasteiger partial charge on any atom is 0.340 e. The molecule has 4 heterocycles. The molecule has 8 heteroatoms. The fourth-order valence-corrected chi connectivity index (χ4v) is 3.71. The number of carbonyl (C=O) groups excluding carboxylic acids is 1. The van der Waals surface area contributed by atoms with E-state index in [0.717, 1.165) is 0 Å². The largest absolute Gasteiger partial charge is 0.507 e. The fraction of sp³-hybridized carbons (Fsp3) is 0.400. The summed E-state index contributed by atoms with van der Waals surface area (Å²) in [5.41, 5.74) is 0.956. The highest BCUT2D eigenvalue weighted by Crippen LogP contribution is 2.46. The van der Waals surface area contributed by atoms with Gasteiger partial charge >= 0.3 is 5.97 Å². The Morgan fingerprint density at radius 1 is 1.11 bits per heavy atom. The van der Waals surface area contributed by atoms with Gasteiger partial charge in [-0.05, 0) is 24.3 Å². The number of phenolic OH excluding ortho intramolecular Hbond substituents is 1. The normalized spacial score (nSPS) is 33.4. The summed E-state index contributed by atoms with van der Waals surface area (Å²) in [5.74, 6) is -1.33. The van der Waals surface area contributed by atoms with E-state index in [-0.39, 0.29) is 25.1 Å². The lowest BCUT2D eigenvalue weighted by Crippen LogP contribution is -2.37. The molecular weight excluding hydrogens is 366 g/mol. The number of pyridine rings is 1. The third-order valence-corrected chi connectivity index (χ3v) is 5.18. The Hall–Kier alpha value is -2.52. The van der Waals surface area contributed by atoms with E-state index in [4.69, 9.17) is 23.7 Å². The van der Waals surface area contributed by atoms with Crippen LogP contribution in [0.3, 0.4) is 0 Å². The predicted octanol–water partition coefficient (Wildman–Crippen LogP) is 1.38. The average molecular weight is 385 g/mol. The van der Waals surface area contributed by atoms with Gasteiger partial charge in [-0.3, -0.25) is 4.98 Å². The Morgan fingerprint density at radius 2 is 1.86 bits per heavy atom. The number of aromatic hydroxyl groups is 1. The molecule has 5 atom stereocenters. The molecule has 1 N–H and O–H groups in total. The number of epoxide rings is 1. The number of phenols is 1. The van der Waals surface area contributed by atoms with Gasteiger partial charge in [0.25, 0.3) is 0 Å².